The molecular weight excluding hydrogens is 442 g/mol. The van der Waals surface area contributed by atoms with Gasteiger partial charge in [-0.05, 0) is 83.4 Å². The molecule has 0 aromatic heterocycles. The lowest BCUT2D eigenvalue weighted by Gasteiger charge is -2.03. The third kappa shape index (κ3) is 27.7. The highest BCUT2D eigenvalue weighted by Crippen LogP contribution is 2.01. The van der Waals surface area contributed by atoms with E-state index in [0.29, 0.717) is 25.0 Å². The zero-order valence-electron chi connectivity index (χ0n) is 23.0. The Hall–Kier alpha value is -2.52. The molecule has 0 radical (unpaired) electrons. The van der Waals surface area contributed by atoms with E-state index in [-0.39, 0.29) is 5.78 Å². The van der Waals surface area contributed by atoms with Crippen molar-refractivity contribution < 1.29 is 9.59 Å². The summed E-state index contributed by atoms with van der Waals surface area (Å²) in [5.41, 5.74) is 0. The summed E-state index contributed by atoms with van der Waals surface area (Å²) in [5.74, 6) is 0.527. The van der Waals surface area contributed by atoms with Crippen LogP contribution >= 0.6 is 0 Å². The Bertz CT molecular complexity index is 735. The van der Waals surface area contributed by atoms with Gasteiger partial charge >= 0.3 is 0 Å². The first-order valence-corrected chi connectivity index (χ1v) is 14.0. The van der Waals surface area contributed by atoms with Crippen LogP contribution in [0.1, 0.15) is 97.3 Å². The average molecular weight is 494 g/mol. The third-order valence-electron chi connectivity index (χ3n) is 5.31. The summed E-state index contributed by atoms with van der Waals surface area (Å²) in [6, 6.07) is 0. The SMILES string of the molecule is CC/C=C\C/C=C\C/C=C\C/C=C\C/C=C\C/C=C\CCC(=O)CCCNCCCC(=O)/C=C/CC. The summed E-state index contributed by atoms with van der Waals surface area (Å²) in [7, 11) is 0. The third-order valence-corrected chi connectivity index (χ3v) is 5.31. The van der Waals surface area contributed by atoms with Gasteiger partial charge in [0.05, 0.1) is 0 Å². The van der Waals surface area contributed by atoms with E-state index in [1.807, 2.05) is 13.0 Å². The highest BCUT2D eigenvalue weighted by atomic mass is 16.1. The van der Waals surface area contributed by atoms with Gasteiger partial charge in [-0.25, -0.2) is 0 Å². The Balaban J connectivity index is 3.55. The minimum atomic E-state index is 0.197. The normalized spacial score (nSPS) is 12.8. The van der Waals surface area contributed by atoms with Crippen molar-refractivity contribution in [2.24, 2.45) is 0 Å². The van der Waals surface area contributed by atoms with Gasteiger partial charge in [0.1, 0.15) is 5.78 Å². The van der Waals surface area contributed by atoms with E-state index in [1.54, 1.807) is 6.08 Å². The van der Waals surface area contributed by atoms with E-state index in [9.17, 15) is 9.59 Å². The van der Waals surface area contributed by atoms with Crippen LogP contribution in [0.3, 0.4) is 0 Å². The fraction of sp³-hybridized carbons (Fsp3) is 0.515. The number of Topliss-reactive ketones (excluding diaryl/α,β-unsaturated/α-hetero) is 1. The predicted molar refractivity (Wildman–Crippen MR) is 158 cm³/mol. The zero-order chi connectivity index (χ0) is 26.4. The summed E-state index contributed by atoms with van der Waals surface area (Å²) in [6.07, 6.45) is 41.2. The summed E-state index contributed by atoms with van der Waals surface area (Å²) in [5, 5.41) is 3.32. The number of hydrogen-bond donors (Lipinski definition) is 1. The highest BCUT2D eigenvalue weighted by molar-refractivity contribution is 5.89. The summed E-state index contributed by atoms with van der Waals surface area (Å²) in [4.78, 5) is 23.5. The van der Waals surface area contributed by atoms with Gasteiger partial charge in [-0.1, -0.05) is 92.8 Å². The molecule has 0 heterocycles. The van der Waals surface area contributed by atoms with E-state index < -0.39 is 0 Å². The molecule has 0 saturated heterocycles. The zero-order valence-corrected chi connectivity index (χ0v) is 23.0. The Morgan fingerprint density at radius 1 is 0.528 bits per heavy atom. The van der Waals surface area contributed by atoms with E-state index >= 15 is 0 Å². The van der Waals surface area contributed by atoms with Crippen LogP contribution in [-0.2, 0) is 9.59 Å². The lowest BCUT2D eigenvalue weighted by atomic mass is 10.1. The smallest absolute Gasteiger partial charge is 0.155 e. The number of rotatable bonds is 24. The topological polar surface area (TPSA) is 46.2 Å². The Labute approximate surface area is 221 Å². The fourth-order valence-corrected chi connectivity index (χ4v) is 3.26. The minimum Gasteiger partial charge on any atom is -0.317 e. The minimum absolute atomic E-state index is 0.197. The number of nitrogens with one attached hydrogen (secondary N) is 1. The number of ketones is 2. The van der Waals surface area contributed by atoms with Crippen LogP contribution in [0, 0.1) is 0 Å². The van der Waals surface area contributed by atoms with Gasteiger partial charge in [0.25, 0.3) is 0 Å². The molecule has 0 fully saturated rings. The van der Waals surface area contributed by atoms with Crippen LogP contribution in [-0.4, -0.2) is 24.7 Å². The number of allylic oxidation sites excluding steroid dienone is 14. The number of hydrogen-bond acceptors (Lipinski definition) is 3. The quantitative estimate of drug-likeness (QED) is 0.0830. The van der Waals surface area contributed by atoms with Crippen molar-refractivity contribution in [3.63, 3.8) is 0 Å². The molecule has 0 bridgehead atoms. The van der Waals surface area contributed by atoms with E-state index in [0.717, 1.165) is 77.3 Å². The Morgan fingerprint density at radius 3 is 1.47 bits per heavy atom. The first-order valence-electron chi connectivity index (χ1n) is 14.0. The fourth-order valence-electron chi connectivity index (χ4n) is 3.26. The second-order valence-corrected chi connectivity index (χ2v) is 8.73. The molecule has 1 N–H and O–H groups in total. The molecule has 0 aliphatic carbocycles. The van der Waals surface area contributed by atoms with Crippen molar-refractivity contribution in [2.75, 3.05) is 13.1 Å². The Kier molecular flexibility index (Phi) is 26.7. The molecule has 0 amide bonds. The highest BCUT2D eigenvalue weighted by Gasteiger charge is 2.00. The van der Waals surface area contributed by atoms with Gasteiger partial charge in [-0.15, -0.1) is 0 Å². The van der Waals surface area contributed by atoms with Gasteiger partial charge in [0.15, 0.2) is 5.78 Å². The molecule has 0 atom stereocenters. The largest absolute Gasteiger partial charge is 0.317 e. The van der Waals surface area contributed by atoms with Gasteiger partial charge in [-0.3, -0.25) is 9.59 Å². The Morgan fingerprint density at radius 2 is 0.972 bits per heavy atom. The molecular formula is C33H51NO2. The van der Waals surface area contributed by atoms with Crippen LogP contribution in [0.5, 0.6) is 0 Å². The number of carbonyl (C=O) groups is 2. The molecule has 200 valence electrons. The van der Waals surface area contributed by atoms with Gasteiger partial charge in [-0.2, -0.15) is 0 Å². The standard InChI is InChI=1S/C33H51NO2/c1-3-5-7-8-9-10-11-12-13-14-15-16-17-18-19-20-21-22-23-27-33(36)29-25-31-34-30-24-28-32(35)26-6-4-2/h5-7,9-10,12-13,15-16,18-19,21-22,26,34H,3-4,8,11,14,17,20,23-25,27-31H2,1-2H3/b7-5-,10-9-,13-12-,16-15-,19-18-,22-21-,26-6+. The van der Waals surface area contributed by atoms with Crippen molar-refractivity contribution in [3.8, 4) is 0 Å². The second kappa shape index (κ2) is 28.7. The average Bonchev–Trinajstić information content (AvgIpc) is 2.88. The van der Waals surface area contributed by atoms with E-state index in [1.165, 1.54) is 0 Å². The molecule has 0 rings (SSSR count). The molecule has 0 saturated carbocycles. The molecule has 0 aliphatic heterocycles. The molecule has 0 spiro atoms. The molecule has 3 nitrogen and oxygen atoms in total. The van der Waals surface area contributed by atoms with Crippen LogP contribution in [0.15, 0.2) is 85.1 Å². The summed E-state index contributed by atoms with van der Waals surface area (Å²) < 4.78 is 0. The monoisotopic (exact) mass is 493 g/mol. The van der Waals surface area contributed by atoms with Crippen molar-refractivity contribution in [1.29, 1.82) is 0 Å². The van der Waals surface area contributed by atoms with Gasteiger partial charge in [0, 0.05) is 19.3 Å². The molecule has 0 aromatic rings. The van der Waals surface area contributed by atoms with E-state index in [2.05, 4.69) is 85.2 Å². The van der Waals surface area contributed by atoms with Crippen LogP contribution in [0.4, 0.5) is 0 Å². The van der Waals surface area contributed by atoms with Gasteiger partial charge in [0.2, 0.25) is 0 Å². The second-order valence-electron chi connectivity index (χ2n) is 8.73. The molecule has 3 heteroatoms. The van der Waals surface area contributed by atoms with Crippen LogP contribution < -0.4 is 5.32 Å². The molecule has 0 aromatic carbocycles. The lowest BCUT2D eigenvalue weighted by molar-refractivity contribution is -0.119. The maximum atomic E-state index is 12.0. The maximum Gasteiger partial charge on any atom is 0.155 e. The van der Waals surface area contributed by atoms with Crippen molar-refractivity contribution in [3.05, 3.63) is 85.1 Å². The molecule has 36 heavy (non-hydrogen) atoms. The maximum absolute atomic E-state index is 12.0. The van der Waals surface area contributed by atoms with Crippen molar-refractivity contribution in [2.45, 2.75) is 97.3 Å². The lowest BCUT2D eigenvalue weighted by Crippen LogP contribution is -2.18. The number of carbonyl (C=O) groups excluding carboxylic acids is 2. The van der Waals surface area contributed by atoms with E-state index in [4.69, 9.17) is 0 Å². The van der Waals surface area contributed by atoms with Crippen molar-refractivity contribution in [1.82, 2.24) is 5.32 Å². The molecule has 0 unspecified atom stereocenters. The summed E-state index contributed by atoms with van der Waals surface area (Å²) in [6.45, 7) is 5.85. The van der Waals surface area contributed by atoms with Gasteiger partial charge < -0.3 is 5.32 Å². The van der Waals surface area contributed by atoms with Crippen LogP contribution in [0.25, 0.3) is 0 Å². The first kappa shape index (κ1) is 33.5. The first-order chi connectivity index (χ1) is 17.7. The summed E-state index contributed by atoms with van der Waals surface area (Å²) >= 11 is 0. The molecule has 0 aliphatic rings. The van der Waals surface area contributed by atoms with Crippen molar-refractivity contribution >= 4 is 11.6 Å². The predicted octanol–water partition coefficient (Wildman–Crippen LogP) is 8.72. The van der Waals surface area contributed by atoms with Crippen LogP contribution in [0.2, 0.25) is 0 Å².